The van der Waals surface area contributed by atoms with Crippen molar-refractivity contribution in [1.29, 1.82) is 5.26 Å². The molecule has 3 fully saturated rings. The summed E-state index contributed by atoms with van der Waals surface area (Å²) in [6, 6.07) is 2.36. The van der Waals surface area contributed by atoms with Gasteiger partial charge in [0.05, 0.1) is 22.6 Å². The number of nitrogens with one attached hydrogen (secondary N) is 1. The van der Waals surface area contributed by atoms with Gasteiger partial charge in [-0.1, -0.05) is 0 Å². The second kappa shape index (κ2) is 6.76. The van der Waals surface area contributed by atoms with Gasteiger partial charge in [-0.15, -0.1) is 0 Å². The molecule has 5 rings (SSSR count). The Bertz CT molecular complexity index is 1210. The summed E-state index contributed by atoms with van der Waals surface area (Å²) in [6.45, 7) is 1.14. The first-order valence-corrected chi connectivity index (χ1v) is 10.4. The number of carboxylic acid groups (broad SMARTS) is 1. The van der Waals surface area contributed by atoms with Crippen LogP contribution in [0.4, 0.5) is 14.5 Å². The molecule has 3 atom stereocenters. The molecule has 2 heterocycles. The summed E-state index contributed by atoms with van der Waals surface area (Å²) >= 11 is 0. The lowest BCUT2D eigenvalue weighted by Crippen LogP contribution is -2.37. The maximum absolute atomic E-state index is 15.3. The zero-order valence-corrected chi connectivity index (χ0v) is 17.0. The number of carbonyl (C=O) groups is 1. The number of aromatic carboxylic acids is 1. The zero-order chi connectivity index (χ0) is 22.1. The fourth-order valence-corrected chi connectivity index (χ4v) is 5.16. The lowest BCUT2D eigenvalue weighted by atomic mass is 9.96. The molecular weight excluding hydrogens is 406 g/mol. The van der Waals surface area contributed by atoms with Crippen molar-refractivity contribution in [2.24, 2.45) is 5.92 Å². The minimum atomic E-state index is -1.47. The van der Waals surface area contributed by atoms with E-state index in [1.165, 1.54) is 4.57 Å². The van der Waals surface area contributed by atoms with Gasteiger partial charge in [-0.3, -0.25) is 4.79 Å². The van der Waals surface area contributed by atoms with E-state index in [1.54, 1.807) is 0 Å². The fourth-order valence-electron chi connectivity index (χ4n) is 5.16. The highest BCUT2D eigenvalue weighted by Gasteiger charge is 2.50. The first-order valence-electron chi connectivity index (χ1n) is 10.4. The van der Waals surface area contributed by atoms with Gasteiger partial charge in [-0.05, 0) is 38.3 Å². The third-order valence-corrected chi connectivity index (χ3v) is 7.19. The van der Waals surface area contributed by atoms with Crippen LogP contribution in [0.25, 0.3) is 10.9 Å². The summed E-state index contributed by atoms with van der Waals surface area (Å²) in [5.41, 5.74) is -1.20. The van der Waals surface area contributed by atoms with Crippen molar-refractivity contribution in [1.82, 2.24) is 9.88 Å². The lowest BCUT2D eigenvalue weighted by Gasteiger charge is -2.25. The Morgan fingerprint density at radius 1 is 1.42 bits per heavy atom. The summed E-state index contributed by atoms with van der Waals surface area (Å²) in [6.07, 6.45) is 3.02. The van der Waals surface area contributed by atoms with E-state index in [1.807, 2.05) is 18.0 Å². The first-order chi connectivity index (χ1) is 14.8. The zero-order valence-electron chi connectivity index (χ0n) is 17.0. The van der Waals surface area contributed by atoms with Gasteiger partial charge < -0.3 is 19.9 Å². The van der Waals surface area contributed by atoms with Crippen molar-refractivity contribution >= 4 is 22.6 Å². The monoisotopic (exact) mass is 428 g/mol. The number of carboxylic acids is 1. The molecule has 1 aliphatic heterocycles. The number of nitrogens with zero attached hydrogens (tertiary/aromatic N) is 3. The van der Waals surface area contributed by atoms with Gasteiger partial charge in [0.25, 0.3) is 0 Å². The molecule has 0 bridgehead atoms. The maximum Gasteiger partial charge on any atom is 0.341 e. The number of aromatic nitrogens is 1. The van der Waals surface area contributed by atoms with Crippen molar-refractivity contribution in [3.63, 3.8) is 0 Å². The molecule has 2 N–H and O–H groups in total. The number of rotatable bonds is 5. The molecule has 1 aromatic carbocycles. The number of anilines is 1. The van der Waals surface area contributed by atoms with Crippen LogP contribution < -0.4 is 15.6 Å². The number of benzene rings is 1. The Labute approximate surface area is 176 Å². The molecule has 2 aliphatic carbocycles. The molecular formula is C22H22F2N4O3. The number of alkyl halides is 1. The summed E-state index contributed by atoms with van der Waals surface area (Å²) in [7, 11) is 1.93. The summed E-state index contributed by atoms with van der Waals surface area (Å²) in [4.78, 5) is 26.1. The minimum Gasteiger partial charge on any atom is -0.477 e. The van der Waals surface area contributed by atoms with Crippen LogP contribution >= 0.6 is 0 Å². The van der Waals surface area contributed by atoms with E-state index in [4.69, 9.17) is 0 Å². The smallest absolute Gasteiger partial charge is 0.341 e. The normalized spacial score (nSPS) is 26.1. The second-order valence-electron chi connectivity index (χ2n) is 8.83. The van der Waals surface area contributed by atoms with Gasteiger partial charge in [0.2, 0.25) is 5.43 Å². The number of nitriles is 1. The number of hydrogen-bond donors (Lipinski definition) is 2. The van der Waals surface area contributed by atoms with E-state index in [0.29, 0.717) is 19.0 Å². The molecule has 0 spiro atoms. The van der Waals surface area contributed by atoms with Crippen molar-refractivity contribution in [3.8, 4) is 6.07 Å². The Morgan fingerprint density at radius 2 is 2.13 bits per heavy atom. The lowest BCUT2D eigenvalue weighted by molar-refractivity contribution is 0.0694. The van der Waals surface area contributed by atoms with Crippen LogP contribution in [-0.2, 0) is 0 Å². The molecule has 31 heavy (non-hydrogen) atoms. The molecule has 0 amide bonds. The Balaban J connectivity index is 1.70. The van der Waals surface area contributed by atoms with Crippen LogP contribution in [0, 0.1) is 23.1 Å². The number of hydrogen-bond acceptors (Lipinski definition) is 5. The van der Waals surface area contributed by atoms with Gasteiger partial charge in [0.15, 0.2) is 0 Å². The molecule has 3 aliphatic rings. The van der Waals surface area contributed by atoms with E-state index in [0.717, 1.165) is 31.5 Å². The standard InChI is InChI=1S/C22H22F2N4O3/c1-26-22(3-4-22)11-2-5-27(9-11)19-13(8-25)18-12(6-16(19)24)20(29)14(21(30)31)10-28(18)17-7-15(17)23/h6,10-11,15,17,26H,2-5,7,9H2,1H3,(H,30,31)/t11-,15-,17-/m1/s1. The van der Waals surface area contributed by atoms with Crippen LogP contribution in [-0.4, -0.2) is 47.5 Å². The summed E-state index contributed by atoms with van der Waals surface area (Å²) in [5.74, 6) is -1.89. The van der Waals surface area contributed by atoms with Crippen molar-refractivity contribution in [2.75, 3.05) is 25.0 Å². The molecule has 0 radical (unpaired) electrons. The van der Waals surface area contributed by atoms with Crippen molar-refractivity contribution < 1.29 is 18.7 Å². The van der Waals surface area contributed by atoms with Crippen LogP contribution in [0.15, 0.2) is 17.1 Å². The summed E-state index contributed by atoms with van der Waals surface area (Å²) < 4.78 is 30.6. The fraction of sp³-hybridized carbons (Fsp3) is 0.500. The number of pyridine rings is 1. The highest BCUT2D eigenvalue weighted by Crippen LogP contribution is 2.48. The Hall–Kier alpha value is -2.99. The molecule has 162 valence electrons. The number of fused-ring (bicyclic) bond motifs is 1. The first kappa shape index (κ1) is 19.9. The van der Waals surface area contributed by atoms with Crippen LogP contribution in [0.2, 0.25) is 0 Å². The largest absolute Gasteiger partial charge is 0.477 e. The average molecular weight is 428 g/mol. The highest BCUT2D eigenvalue weighted by atomic mass is 19.1. The number of halogens is 2. The van der Waals surface area contributed by atoms with E-state index < -0.39 is 35.0 Å². The molecule has 1 aromatic heterocycles. The molecule has 9 heteroatoms. The van der Waals surface area contributed by atoms with Gasteiger partial charge in [-0.2, -0.15) is 5.26 Å². The minimum absolute atomic E-state index is 0.0434. The van der Waals surface area contributed by atoms with Crippen molar-refractivity contribution in [3.05, 3.63) is 39.4 Å². The Morgan fingerprint density at radius 3 is 2.68 bits per heavy atom. The molecule has 0 unspecified atom stereocenters. The van der Waals surface area contributed by atoms with Crippen molar-refractivity contribution in [2.45, 2.75) is 43.4 Å². The van der Waals surface area contributed by atoms with Crippen LogP contribution in [0.5, 0.6) is 0 Å². The van der Waals surface area contributed by atoms with E-state index >= 15 is 4.39 Å². The Kier molecular flexibility index (Phi) is 4.35. The highest BCUT2D eigenvalue weighted by molar-refractivity contribution is 5.96. The molecule has 1 saturated heterocycles. The van der Waals surface area contributed by atoms with Gasteiger partial charge >= 0.3 is 5.97 Å². The van der Waals surface area contributed by atoms with Crippen LogP contribution in [0.1, 0.15) is 47.6 Å². The maximum atomic E-state index is 15.3. The van der Waals surface area contributed by atoms with Gasteiger partial charge in [0, 0.05) is 31.2 Å². The van der Waals surface area contributed by atoms with E-state index in [9.17, 15) is 24.3 Å². The predicted molar refractivity (Wildman–Crippen MR) is 110 cm³/mol. The van der Waals surface area contributed by atoms with Gasteiger partial charge in [-0.25, -0.2) is 13.6 Å². The third kappa shape index (κ3) is 2.92. The topological polar surface area (TPSA) is 98.4 Å². The van der Waals surface area contributed by atoms with E-state index in [-0.39, 0.29) is 34.1 Å². The van der Waals surface area contributed by atoms with E-state index in [2.05, 4.69) is 5.32 Å². The molecule has 2 saturated carbocycles. The quantitative estimate of drug-likeness (QED) is 0.760. The third-order valence-electron chi connectivity index (χ3n) is 7.19. The summed E-state index contributed by atoms with van der Waals surface area (Å²) in [5, 5.41) is 22.5. The SMILES string of the molecule is CNC1([C@@H]2CCN(c3c(F)cc4c(=O)c(C(=O)O)cn([C@@H]5C[C@H]5F)c4c3C#N)C2)CC1. The average Bonchev–Trinajstić information content (AvgIpc) is 3.64. The van der Waals surface area contributed by atoms with Gasteiger partial charge in [0.1, 0.15) is 29.2 Å². The second-order valence-corrected chi connectivity index (χ2v) is 8.83. The molecule has 7 nitrogen and oxygen atoms in total. The predicted octanol–water partition coefficient (Wildman–Crippen LogP) is 2.57. The molecule has 2 aromatic rings. The van der Waals surface area contributed by atoms with Crippen LogP contribution in [0.3, 0.4) is 0 Å².